The van der Waals surface area contributed by atoms with Crippen LogP contribution in [0.5, 0.6) is 5.75 Å². The molecule has 7 nitrogen and oxygen atoms in total. The Hall–Kier alpha value is -3.00. The maximum absolute atomic E-state index is 13.7. The summed E-state index contributed by atoms with van der Waals surface area (Å²) >= 11 is 0. The highest BCUT2D eigenvalue weighted by atomic mass is 19.1. The summed E-state index contributed by atoms with van der Waals surface area (Å²) in [7, 11) is 3.84. The first-order valence-corrected chi connectivity index (χ1v) is 11.8. The molecule has 1 aliphatic carbocycles. The molecule has 2 aliphatic rings. The zero-order valence-electron chi connectivity index (χ0n) is 19.3. The first-order chi connectivity index (χ1) is 16.1. The number of halogens is 1. The van der Waals surface area contributed by atoms with Crippen molar-refractivity contribution in [2.75, 3.05) is 38.7 Å². The van der Waals surface area contributed by atoms with E-state index in [0.717, 1.165) is 36.5 Å². The number of nitrogens with zero attached hydrogens (tertiary/aromatic N) is 6. The fraction of sp³-hybridized carbons (Fsp3) is 0.480. The minimum atomic E-state index is -0.187. The second-order valence-electron chi connectivity index (χ2n) is 9.21. The highest BCUT2D eigenvalue weighted by Gasteiger charge is 2.41. The SMILES string of the molecule is COc1ccc(-n2cnnn2)cc1N(C)C1CCC(CN2CCCC2)C1c1ccc(F)cc1. The van der Waals surface area contributed by atoms with Crippen molar-refractivity contribution in [1.82, 2.24) is 25.1 Å². The van der Waals surface area contributed by atoms with Gasteiger partial charge in [0.25, 0.3) is 0 Å². The van der Waals surface area contributed by atoms with Crippen molar-refractivity contribution in [1.29, 1.82) is 0 Å². The number of hydrogen-bond donors (Lipinski definition) is 0. The van der Waals surface area contributed by atoms with Crippen molar-refractivity contribution >= 4 is 5.69 Å². The molecule has 3 atom stereocenters. The molecule has 1 saturated heterocycles. The molecule has 2 aromatic carbocycles. The number of likely N-dealkylation sites (tertiary alicyclic amines) is 1. The van der Waals surface area contributed by atoms with Gasteiger partial charge < -0.3 is 14.5 Å². The van der Waals surface area contributed by atoms with Crippen LogP contribution in [-0.2, 0) is 0 Å². The molecule has 3 unspecified atom stereocenters. The Balaban J connectivity index is 1.48. The smallest absolute Gasteiger partial charge is 0.143 e. The van der Waals surface area contributed by atoms with E-state index in [9.17, 15) is 4.39 Å². The Morgan fingerprint density at radius 2 is 1.88 bits per heavy atom. The first kappa shape index (κ1) is 21.8. The number of methoxy groups -OCH3 is 1. The van der Waals surface area contributed by atoms with Gasteiger partial charge in [-0.05, 0) is 91.0 Å². The molecule has 2 heterocycles. The summed E-state index contributed by atoms with van der Waals surface area (Å²) in [6.45, 7) is 3.48. The molecule has 0 radical (unpaired) electrons. The maximum atomic E-state index is 13.7. The second kappa shape index (κ2) is 9.47. The third-order valence-corrected chi connectivity index (χ3v) is 7.36. The first-order valence-electron chi connectivity index (χ1n) is 11.8. The zero-order valence-corrected chi connectivity index (χ0v) is 19.3. The van der Waals surface area contributed by atoms with Gasteiger partial charge in [0, 0.05) is 25.6 Å². The molecule has 0 bridgehead atoms. The number of tetrazole rings is 1. The topological polar surface area (TPSA) is 59.3 Å². The third-order valence-electron chi connectivity index (χ3n) is 7.36. The van der Waals surface area contributed by atoms with Crippen molar-refractivity contribution < 1.29 is 9.13 Å². The van der Waals surface area contributed by atoms with E-state index in [4.69, 9.17) is 4.74 Å². The molecule has 0 spiro atoms. The average Bonchev–Trinajstić information content (AvgIpc) is 3.62. The van der Waals surface area contributed by atoms with Crippen LogP contribution in [0.2, 0.25) is 0 Å². The summed E-state index contributed by atoms with van der Waals surface area (Å²) in [5.41, 5.74) is 3.10. The fourth-order valence-corrected chi connectivity index (χ4v) is 5.73. The van der Waals surface area contributed by atoms with Crippen molar-refractivity contribution in [2.24, 2.45) is 5.92 Å². The number of benzene rings is 2. The highest BCUT2D eigenvalue weighted by molar-refractivity contribution is 5.63. The molecule has 174 valence electrons. The van der Waals surface area contributed by atoms with Crippen LogP contribution in [0.15, 0.2) is 48.8 Å². The number of hydrogen-bond acceptors (Lipinski definition) is 6. The van der Waals surface area contributed by atoms with Crippen LogP contribution < -0.4 is 9.64 Å². The number of ether oxygens (including phenoxy) is 1. The van der Waals surface area contributed by atoms with Crippen LogP contribution in [0.25, 0.3) is 5.69 Å². The van der Waals surface area contributed by atoms with E-state index >= 15 is 0 Å². The maximum Gasteiger partial charge on any atom is 0.143 e. The van der Waals surface area contributed by atoms with Gasteiger partial charge in [-0.25, -0.2) is 9.07 Å². The summed E-state index contributed by atoms with van der Waals surface area (Å²) in [5, 5.41) is 11.6. The molecular formula is C25H31FN6O. The Labute approximate surface area is 194 Å². The van der Waals surface area contributed by atoms with Gasteiger partial charge in [-0.1, -0.05) is 12.1 Å². The van der Waals surface area contributed by atoms with E-state index in [1.807, 2.05) is 24.3 Å². The Morgan fingerprint density at radius 3 is 2.58 bits per heavy atom. The lowest BCUT2D eigenvalue weighted by Crippen LogP contribution is -2.37. The lowest BCUT2D eigenvalue weighted by atomic mass is 9.85. The van der Waals surface area contributed by atoms with Gasteiger partial charge in [-0.3, -0.25) is 0 Å². The summed E-state index contributed by atoms with van der Waals surface area (Å²) in [6, 6.07) is 13.4. The van der Waals surface area contributed by atoms with E-state index in [1.54, 1.807) is 30.3 Å². The molecule has 0 N–H and O–H groups in total. The number of likely N-dealkylation sites (N-methyl/N-ethyl adjacent to an activating group) is 1. The Bertz CT molecular complexity index is 1050. The molecule has 3 aromatic rings. The lowest BCUT2D eigenvalue weighted by molar-refractivity contribution is 0.263. The van der Waals surface area contributed by atoms with Gasteiger partial charge in [0.15, 0.2) is 0 Å². The normalized spacial score (nSPS) is 23.2. The summed E-state index contributed by atoms with van der Waals surface area (Å²) in [4.78, 5) is 4.94. The fourth-order valence-electron chi connectivity index (χ4n) is 5.73. The quantitative estimate of drug-likeness (QED) is 0.544. The number of anilines is 1. The lowest BCUT2D eigenvalue weighted by Gasteiger charge is -2.35. The standard InChI is InChI=1S/C25H31FN6O/c1-30(23-15-21(10-12-24(23)33-2)32-17-27-28-29-32)22-11-7-19(16-31-13-3-4-14-31)25(22)18-5-8-20(26)9-6-18/h5-6,8-10,12,15,17,19,22,25H,3-4,7,11,13-14,16H2,1-2H3. The Morgan fingerprint density at radius 1 is 1.09 bits per heavy atom. The number of rotatable bonds is 7. The van der Waals surface area contributed by atoms with Crippen LogP contribution >= 0.6 is 0 Å². The van der Waals surface area contributed by atoms with Gasteiger partial charge in [0.05, 0.1) is 18.5 Å². The molecular weight excluding hydrogens is 419 g/mol. The predicted molar refractivity (Wildman–Crippen MR) is 125 cm³/mol. The largest absolute Gasteiger partial charge is 0.495 e. The summed E-state index contributed by atoms with van der Waals surface area (Å²) in [5.74, 6) is 1.48. The molecule has 8 heteroatoms. The number of aromatic nitrogens is 4. The van der Waals surface area contributed by atoms with Crippen LogP contribution in [-0.4, -0.2) is 64.9 Å². The predicted octanol–water partition coefficient (Wildman–Crippen LogP) is 3.90. The minimum absolute atomic E-state index is 0.187. The van der Waals surface area contributed by atoms with Gasteiger partial charge in [0.1, 0.15) is 17.9 Å². The summed E-state index contributed by atoms with van der Waals surface area (Å²) in [6.07, 6.45) is 6.41. The average molecular weight is 451 g/mol. The Kier molecular flexibility index (Phi) is 6.26. The van der Waals surface area contributed by atoms with Gasteiger partial charge >= 0.3 is 0 Å². The third kappa shape index (κ3) is 4.44. The van der Waals surface area contributed by atoms with E-state index in [0.29, 0.717) is 11.8 Å². The van der Waals surface area contributed by atoms with Crippen molar-refractivity contribution in [2.45, 2.75) is 37.6 Å². The van der Waals surface area contributed by atoms with Gasteiger partial charge in [-0.2, -0.15) is 0 Å². The molecule has 0 amide bonds. The van der Waals surface area contributed by atoms with Crippen LogP contribution in [0, 0.1) is 11.7 Å². The van der Waals surface area contributed by atoms with Crippen LogP contribution in [0.3, 0.4) is 0 Å². The summed E-state index contributed by atoms with van der Waals surface area (Å²) < 4.78 is 21.1. The van der Waals surface area contributed by atoms with E-state index in [-0.39, 0.29) is 11.9 Å². The zero-order chi connectivity index (χ0) is 22.8. The monoisotopic (exact) mass is 450 g/mol. The van der Waals surface area contributed by atoms with Gasteiger partial charge in [-0.15, -0.1) is 5.10 Å². The molecule has 5 rings (SSSR count). The van der Waals surface area contributed by atoms with Crippen molar-refractivity contribution in [3.8, 4) is 11.4 Å². The molecule has 1 aromatic heterocycles. The van der Waals surface area contributed by atoms with Gasteiger partial charge in [0.2, 0.25) is 0 Å². The van der Waals surface area contributed by atoms with E-state index in [2.05, 4.69) is 38.4 Å². The highest BCUT2D eigenvalue weighted by Crippen LogP contribution is 2.45. The van der Waals surface area contributed by atoms with Crippen molar-refractivity contribution in [3.63, 3.8) is 0 Å². The second-order valence-corrected chi connectivity index (χ2v) is 9.21. The molecule has 1 saturated carbocycles. The van der Waals surface area contributed by atoms with Crippen LogP contribution in [0.1, 0.15) is 37.2 Å². The van der Waals surface area contributed by atoms with Crippen molar-refractivity contribution in [3.05, 3.63) is 60.2 Å². The van der Waals surface area contributed by atoms with E-state index in [1.165, 1.54) is 31.5 Å². The molecule has 33 heavy (non-hydrogen) atoms. The molecule has 1 aliphatic heterocycles. The van der Waals surface area contributed by atoms with Crippen LogP contribution in [0.4, 0.5) is 10.1 Å². The van der Waals surface area contributed by atoms with E-state index < -0.39 is 0 Å². The molecule has 2 fully saturated rings. The minimum Gasteiger partial charge on any atom is -0.495 e.